The second kappa shape index (κ2) is 30.5. The number of cyclic esters (lactones) is 1. The number of aromatic nitrogens is 3. The van der Waals surface area contributed by atoms with Crippen LogP contribution >= 0.6 is 0 Å². The normalized spacial score (nSPS) is 34.1. The summed E-state index contributed by atoms with van der Waals surface area (Å²) in [4.78, 5) is 31.9. The van der Waals surface area contributed by atoms with Crippen molar-refractivity contribution in [3.05, 3.63) is 96.7 Å². The van der Waals surface area contributed by atoms with Crippen molar-refractivity contribution >= 4 is 30.6 Å². The second-order valence-corrected chi connectivity index (χ2v) is 32.0. The van der Waals surface area contributed by atoms with E-state index in [1.807, 2.05) is 111 Å². The van der Waals surface area contributed by atoms with Gasteiger partial charge in [-0.25, -0.2) is 5.48 Å². The number of hydrogen-bond acceptors (Lipinski definition) is 18. The van der Waals surface area contributed by atoms with Crippen LogP contribution in [0.3, 0.4) is 0 Å². The summed E-state index contributed by atoms with van der Waals surface area (Å²) in [6.45, 7) is 25.7. The number of hydrogen-bond donors (Lipinski definition) is 6. The lowest BCUT2D eigenvalue weighted by molar-refractivity contribution is -0.318. The van der Waals surface area contributed by atoms with Crippen LogP contribution in [-0.2, 0) is 55.6 Å². The Labute approximate surface area is 530 Å². The quantitative estimate of drug-likeness (QED) is 0.0228. The third-order valence-electron chi connectivity index (χ3n) is 19.4. The fourth-order valence-electron chi connectivity index (χ4n) is 14.0. The van der Waals surface area contributed by atoms with Crippen molar-refractivity contribution in [1.82, 2.24) is 30.3 Å². The molecule has 4 heterocycles. The number of methoxy groups -OCH3 is 1. The van der Waals surface area contributed by atoms with Crippen LogP contribution < -0.4 is 15.9 Å². The molecule has 1 amide bonds. The molecule has 6 N–H and O–H groups in total. The van der Waals surface area contributed by atoms with Gasteiger partial charge in [-0.3, -0.25) is 19.2 Å². The van der Waals surface area contributed by atoms with Crippen molar-refractivity contribution < 1.29 is 68.1 Å². The van der Waals surface area contributed by atoms with Gasteiger partial charge in [0, 0.05) is 63.2 Å². The highest BCUT2D eigenvalue weighted by molar-refractivity contribution is 6.99. The molecule has 0 aliphatic carbocycles. The molecule has 21 heteroatoms. The maximum absolute atomic E-state index is 14.6. The molecule has 18 atom stereocenters. The number of hydroxylamine groups is 1. The average molecular weight is 1260 g/mol. The number of ether oxygens (including phenoxy) is 6. The summed E-state index contributed by atoms with van der Waals surface area (Å²) >= 11 is 0. The Morgan fingerprint density at radius 3 is 2.08 bits per heavy atom. The molecule has 3 aliphatic rings. The van der Waals surface area contributed by atoms with Crippen LogP contribution in [0.15, 0.2) is 91.1 Å². The number of likely N-dealkylation sites (N-methyl/N-ethyl adjacent to an activating group) is 2. The Morgan fingerprint density at radius 1 is 0.854 bits per heavy atom. The number of aryl methyl sites for hydroxylation is 1. The molecule has 0 unspecified atom stereocenters. The Bertz CT molecular complexity index is 2810. The van der Waals surface area contributed by atoms with E-state index in [9.17, 15) is 35.1 Å². The van der Waals surface area contributed by atoms with Crippen molar-refractivity contribution in [2.45, 2.75) is 250 Å². The zero-order chi connectivity index (χ0) is 65.4. The summed E-state index contributed by atoms with van der Waals surface area (Å²) in [7, 11) is 2.39. The van der Waals surface area contributed by atoms with Crippen LogP contribution in [0.1, 0.15) is 147 Å². The maximum atomic E-state index is 14.6. The smallest absolute Gasteiger partial charge is 0.311 e. The summed E-state index contributed by atoms with van der Waals surface area (Å²) in [5.74, 6) is -2.97. The molecule has 7 rings (SSSR count). The van der Waals surface area contributed by atoms with Crippen LogP contribution in [0.5, 0.6) is 0 Å². The Hall–Kier alpha value is -4.56. The average Bonchev–Trinajstić information content (AvgIpc) is 1.22. The number of carbonyl (C=O) groups excluding carboxylic acids is 2. The molecular formula is C68H106N6O14Si. The molecule has 20 nitrogen and oxygen atoms in total. The lowest BCUT2D eigenvalue weighted by Crippen LogP contribution is -2.68. The van der Waals surface area contributed by atoms with Crippen LogP contribution in [0.4, 0.5) is 0 Å². The van der Waals surface area contributed by atoms with Crippen molar-refractivity contribution in [1.29, 1.82) is 0 Å². The molecule has 3 aliphatic heterocycles. The molecule has 3 saturated heterocycles. The highest BCUT2D eigenvalue weighted by Gasteiger charge is 2.54. The van der Waals surface area contributed by atoms with Crippen LogP contribution in [0.25, 0.3) is 11.3 Å². The van der Waals surface area contributed by atoms with Crippen LogP contribution in [0.2, 0.25) is 5.04 Å². The number of rotatable bonds is 20. The predicted octanol–water partition coefficient (Wildman–Crippen LogP) is 6.90. The molecule has 3 aromatic carbocycles. The van der Waals surface area contributed by atoms with E-state index in [2.05, 4.69) is 65.7 Å². The van der Waals surface area contributed by atoms with E-state index in [1.54, 1.807) is 41.5 Å². The molecule has 0 bridgehead atoms. The van der Waals surface area contributed by atoms with Gasteiger partial charge in [0.05, 0.1) is 47.7 Å². The monoisotopic (exact) mass is 1260 g/mol. The van der Waals surface area contributed by atoms with Gasteiger partial charge < -0.3 is 63.4 Å². The SMILES string of the molecule is CC[C@H]1OC(=O)[C@H](C)[C@@H](O[C@H]2C[C@@](C)(OC)[C@@H](O)[C@H](C)O2)[C@H](C)[C@@H](O[C@@H]2O[C@H](C)C[C@H](N(C)Cc3ccc(-c4cn(CCCCCC(=O)NO[Si](c5ccccc5)(c5ccccc5)C(C)(C)C)nn4)cc3)[C@H]2O)[C@](C)(O)C[C@@H](C)CN(C)[C@H](C)[C@@H](O)[C@]1(C)O. The third kappa shape index (κ3) is 17.0. The summed E-state index contributed by atoms with van der Waals surface area (Å²) in [6.07, 6.45) is -4.63. The third-order valence-corrected chi connectivity index (χ3v) is 24.2. The van der Waals surface area contributed by atoms with Crippen molar-refractivity contribution in [3.63, 3.8) is 0 Å². The minimum absolute atomic E-state index is 0.0944. The van der Waals surface area contributed by atoms with Gasteiger partial charge in [-0.1, -0.05) is 138 Å². The van der Waals surface area contributed by atoms with Gasteiger partial charge >= 0.3 is 5.97 Å². The first-order valence-electron chi connectivity index (χ1n) is 32.2. The minimum Gasteiger partial charge on any atom is -0.459 e. The lowest BCUT2D eigenvalue weighted by Gasteiger charge is -2.49. The molecule has 0 saturated carbocycles. The highest BCUT2D eigenvalue weighted by Crippen LogP contribution is 2.41. The van der Waals surface area contributed by atoms with Gasteiger partial charge in [-0.15, -0.1) is 5.10 Å². The van der Waals surface area contributed by atoms with E-state index in [-0.39, 0.29) is 42.2 Å². The van der Waals surface area contributed by atoms with Gasteiger partial charge in [0.2, 0.25) is 5.91 Å². The summed E-state index contributed by atoms with van der Waals surface area (Å²) in [5.41, 5.74) is 0.941. The Kier molecular flexibility index (Phi) is 24.6. The largest absolute Gasteiger partial charge is 0.459 e. The first kappa shape index (κ1) is 71.9. The number of esters is 1. The topological polar surface area (TPSA) is 249 Å². The van der Waals surface area contributed by atoms with Gasteiger partial charge in [-0.2, -0.15) is 0 Å². The Balaban J connectivity index is 1.01. The highest BCUT2D eigenvalue weighted by atomic mass is 28.4. The van der Waals surface area contributed by atoms with Crippen molar-refractivity contribution in [2.24, 2.45) is 17.8 Å². The fraction of sp³-hybridized carbons (Fsp3) is 0.676. The standard InChI is InChI=1S/C68H106N6O14Si/c1-17-55-68(13,81)60(77)47(6)72(14)40-43(2)38-66(11,80)62(45(4)59(46(5)63(79)85-55)86-57-39-67(12,82-16)61(78)48(7)84-57)87-64-58(76)54(37-44(3)83-64)73(15)41-49-32-34-50(35-33-49)53-42-74(71-69-53)36-26-20-25-31-56(75)70-88-89(65(8,9)10,51-27-21-18-22-28-51)52-29-23-19-24-30-52/h18-19,21-24,27-30,32-35,42-48,54-55,57-62,64,76-78,80-81H,17,20,25-26,31,36-41H2,1-16H3,(H,70,75)/t43-,44-,45+,46-,47-,48+,54+,55-,57+,58-,59+,60-,61+,62-,64+,66-,67-,68-/m1/s1. The maximum Gasteiger partial charge on any atom is 0.311 e. The summed E-state index contributed by atoms with van der Waals surface area (Å²) < 4.78 is 47.0. The van der Waals surface area contributed by atoms with Crippen LogP contribution in [-0.4, -0.2) is 189 Å². The number of nitrogens with zero attached hydrogens (tertiary/aromatic N) is 5. The van der Waals surface area contributed by atoms with Gasteiger partial charge in [0.25, 0.3) is 8.32 Å². The van der Waals surface area contributed by atoms with Gasteiger partial charge in [-0.05, 0) is 122 Å². The van der Waals surface area contributed by atoms with E-state index in [4.69, 9.17) is 32.9 Å². The fourth-order valence-corrected chi connectivity index (χ4v) is 18.2. The molecule has 3 fully saturated rings. The minimum atomic E-state index is -2.92. The number of aliphatic hydroxyl groups excluding tert-OH is 3. The predicted molar refractivity (Wildman–Crippen MR) is 343 cm³/mol. The first-order valence-corrected chi connectivity index (χ1v) is 34.1. The van der Waals surface area contributed by atoms with E-state index < -0.39 is 110 Å². The van der Waals surface area contributed by atoms with Gasteiger partial charge in [0.1, 0.15) is 35.7 Å². The molecule has 4 aromatic rings. The molecule has 0 spiro atoms. The number of carbonyl (C=O) groups is 2. The summed E-state index contributed by atoms with van der Waals surface area (Å²) in [6, 6.07) is 27.5. The van der Waals surface area contributed by atoms with E-state index in [0.717, 1.165) is 40.0 Å². The van der Waals surface area contributed by atoms with Crippen molar-refractivity contribution in [3.8, 4) is 11.3 Å². The van der Waals surface area contributed by atoms with E-state index in [1.165, 1.54) is 14.0 Å². The number of amides is 1. The number of nitrogens with one attached hydrogen (secondary N) is 1. The van der Waals surface area contributed by atoms with Crippen LogP contribution in [0, 0.1) is 17.8 Å². The zero-order valence-electron chi connectivity index (χ0n) is 55.7. The zero-order valence-corrected chi connectivity index (χ0v) is 56.7. The van der Waals surface area contributed by atoms with E-state index >= 15 is 0 Å². The molecule has 0 radical (unpaired) electrons. The Morgan fingerprint density at radius 2 is 1.48 bits per heavy atom. The molecule has 496 valence electrons. The molecule has 1 aromatic heterocycles. The number of aliphatic hydroxyl groups is 5. The van der Waals surface area contributed by atoms with E-state index in [0.29, 0.717) is 38.9 Å². The van der Waals surface area contributed by atoms with Gasteiger partial charge in [0.15, 0.2) is 12.6 Å². The van der Waals surface area contributed by atoms with Crippen molar-refractivity contribution in [2.75, 3.05) is 27.7 Å². The first-order chi connectivity index (χ1) is 41.9. The summed E-state index contributed by atoms with van der Waals surface area (Å²) in [5, 5.41) is 71.0. The number of unbranched alkanes of at least 4 members (excludes halogenated alkanes) is 2. The number of benzene rings is 3. The second-order valence-electron chi connectivity index (χ2n) is 27.8. The molecule has 89 heavy (non-hydrogen) atoms. The molecular weight excluding hydrogens is 1150 g/mol. The lowest BCUT2D eigenvalue weighted by atomic mass is 9.77.